The highest BCUT2D eigenvalue weighted by Gasteiger charge is 2.26. The fourth-order valence-electron chi connectivity index (χ4n) is 3.43. The number of hydrogen-bond donors (Lipinski definition) is 1. The van der Waals surface area contributed by atoms with Crippen LogP contribution in [-0.2, 0) is 17.8 Å². The minimum absolute atomic E-state index is 0.0857. The van der Waals surface area contributed by atoms with Crippen LogP contribution in [0.3, 0.4) is 0 Å². The summed E-state index contributed by atoms with van der Waals surface area (Å²) in [7, 11) is 1.67. The zero-order valence-electron chi connectivity index (χ0n) is 17.9. The highest BCUT2D eigenvalue weighted by atomic mass is 16.5. The molecule has 1 fully saturated rings. The standard InChI is InChI=1S/C22H32N4O3/c1-22(2,3)24-21(27)26(15-19-9-6-12-29-19)16-20-23-10-11-25(20)14-17-7-5-8-18(13-17)28-4/h5,7-8,10-11,13,19H,6,9,12,14-16H2,1-4H3,(H,24,27). The third-order valence-electron chi connectivity index (χ3n) is 4.84. The number of methoxy groups -OCH3 is 1. The zero-order valence-corrected chi connectivity index (χ0v) is 17.9. The van der Waals surface area contributed by atoms with Crippen molar-refractivity contribution in [2.24, 2.45) is 0 Å². The summed E-state index contributed by atoms with van der Waals surface area (Å²) in [6.45, 7) is 8.38. The van der Waals surface area contributed by atoms with Gasteiger partial charge in [-0.25, -0.2) is 9.78 Å². The maximum atomic E-state index is 12.9. The summed E-state index contributed by atoms with van der Waals surface area (Å²) >= 11 is 0. The molecule has 1 aromatic heterocycles. The monoisotopic (exact) mass is 400 g/mol. The lowest BCUT2D eigenvalue weighted by molar-refractivity contribution is 0.0772. The molecule has 1 aromatic carbocycles. The van der Waals surface area contributed by atoms with E-state index in [9.17, 15) is 4.79 Å². The van der Waals surface area contributed by atoms with Crippen molar-refractivity contribution in [3.8, 4) is 5.75 Å². The fraction of sp³-hybridized carbons (Fsp3) is 0.545. The molecule has 158 valence electrons. The molecule has 7 nitrogen and oxygen atoms in total. The Kier molecular flexibility index (Phi) is 6.79. The lowest BCUT2D eigenvalue weighted by Crippen LogP contribution is -2.50. The second-order valence-corrected chi connectivity index (χ2v) is 8.52. The molecule has 0 spiro atoms. The number of nitrogens with zero attached hydrogens (tertiary/aromatic N) is 3. The van der Waals surface area contributed by atoms with E-state index in [2.05, 4.69) is 20.9 Å². The van der Waals surface area contributed by atoms with Crippen LogP contribution in [0.25, 0.3) is 0 Å². The Morgan fingerprint density at radius 2 is 2.24 bits per heavy atom. The molecular weight excluding hydrogens is 368 g/mol. The van der Waals surface area contributed by atoms with E-state index in [1.54, 1.807) is 13.3 Å². The Balaban J connectivity index is 1.74. The van der Waals surface area contributed by atoms with Gasteiger partial charge in [0.2, 0.25) is 0 Å². The molecule has 2 heterocycles. The number of hydrogen-bond acceptors (Lipinski definition) is 4. The van der Waals surface area contributed by atoms with Crippen LogP contribution in [0, 0.1) is 0 Å². The maximum absolute atomic E-state index is 12.9. The van der Waals surface area contributed by atoms with Crippen LogP contribution in [0.15, 0.2) is 36.7 Å². The van der Waals surface area contributed by atoms with Crippen molar-refractivity contribution in [2.75, 3.05) is 20.3 Å². The minimum atomic E-state index is -0.304. The smallest absolute Gasteiger partial charge is 0.318 e. The number of rotatable bonds is 7. The largest absolute Gasteiger partial charge is 0.497 e. The molecule has 0 aliphatic carbocycles. The third-order valence-corrected chi connectivity index (χ3v) is 4.84. The number of nitrogens with one attached hydrogen (secondary N) is 1. The summed E-state index contributed by atoms with van der Waals surface area (Å²) in [5.74, 6) is 1.67. The Hall–Kier alpha value is -2.54. The summed E-state index contributed by atoms with van der Waals surface area (Å²) in [4.78, 5) is 19.3. The molecule has 1 atom stereocenters. The van der Waals surface area contributed by atoms with Gasteiger partial charge in [-0.1, -0.05) is 12.1 Å². The van der Waals surface area contributed by atoms with Gasteiger partial charge < -0.3 is 24.3 Å². The molecule has 3 rings (SSSR count). The van der Waals surface area contributed by atoms with Crippen LogP contribution >= 0.6 is 0 Å². The first-order valence-electron chi connectivity index (χ1n) is 10.2. The lowest BCUT2D eigenvalue weighted by atomic mass is 10.1. The number of carbonyl (C=O) groups is 1. The third kappa shape index (κ3) is 6.22. The van der Waals surface area contributed by atoms with Crippen LogP contribution < -0.4 is 10.1 Å². The zero-order chi connectivity index (χ0) is 20.9. The second-order valence-electron chi connectivity index (χ2n) is 8.52. The van der Waals surface area contributed by atoms with Gasteiger partial charge in [-0.3, -0.25) is 0 Å². The molecule has 2 aromatic rings. The fourth-order valence-corrected chi connectivity index (χ4v) is 3.43. The molecule has 0 saturated carbocycles. The molecule has 1 N–H and O–H groups in total. The normalized spacial score (nSPS) is 16.6. The van der Waals surface area contributed by atoms with Gasteiger partial charge in [0.05, 0.1) is 19.8 Å². The summed E-state index contributed by atoms with van der Waals surface area (Å²) in [5, 5.41) is 3.07. The Bertz CT molecular complexity index is 806. The molecule has 0 radical (unpaired) electrons. The van der Waals surface area contributed by atoms with Gasteiger partial charge in [0.1, 0.15) is 11.6 Å². The quantitative estimate of drug-likeness (QED) is 0.773. The SMILES string of the molecule is COc1cccc(Cn2ccnc2CN(CC2CCCO2)C(=O)NC(C)(C)C)c1. The molecule has 1 saturated heterocycles. The van der Waals surface area contributed by atoms with E-state index >= 15 is 0 Å². The Morgan fingerprint density at radius 3 is 2.93 bits per heavy atom. The van der Waals surface area contributed by atoms with Crippen LogP contribution in [0.5, 0.6) is 5.75 Å². The Labute approximate surface area is 173 Å². The summed E-state index contributed by atoms with van der Waals surface area (Å²) in [5.41, 5.74) is 0.815. The lowest BCUT2D eigenvalue weighted by Gasteiger charge is -2.30. The molecule has 7 heteroatoms. The van der Waals surface area contributed by atoms with Gasteiger partial charge in [-0.2, -0.15) is 0 Å². The molecule has 1 aliphatic rings. The summed E-state index contributed by atoms with van der Waals surface area (Å²) in [6.07, 6.45) is 5.84. The summed E-state index contributed by atoms with van der Waals surface area (Å²) < 4.78 is 13.2. The first-order valence-corrected chi connectivity index (χ1v) is 10.2. The van der Waals surface area contributed by atoms with E-state index in [0.717, 1.165) is 36.6 Å². The topological polar surface area (TPSA) is 68.6 Å². The number of benzene rings is 1. The number of ether oxygens (including phenoxy) is 2. The van der Waals surface area contributed by atoms with Crippen molar-refractivity contribution in [3.05, 3.63) is 48.0 Å². The minimum Gasteiger partial charge on any atom is -0.497 e. The van der Waals surface area contributed by atoms with Crippen LogP contribution in [0.1, 0.15) is 45.0 Å². The first kappa shape index (κ1) is 21.2. The molecule has 0 bridgehead atoms. The van der Waals surface area contributed by atoms with E-state index in [1.165, 1.54) is 0 Å². The van der Waals surface area contributed by atoms with Gasteiger partial charge in [0, 0.05) is 37.6 Å². The Morgan fingerprint density at radius 1 is 1.41 bits per heavy atom. The summed E-state index contributed by atoms with van der Waals surface area (Å²) in [6, 6.07) is 7.89. The number of imidazole rings is 1. The number of amides is 2. The van der Waals surface area contributed by atoms with Crippen molar-refractivity contribution in [2.45, 2.75) is 58.3 Å². The van der Waals surface area contributed by atoms with E-state index in [1.807, 2.05) is 50.1 Å². The van der Waals surface area contributed by atoms with Gasteiger partial charge in [-0.05, 0) is 51.3 Å². The van der Waals surface area contributed by atoms with Crippen molar-refractivity contribution < 1.29 is 14.3 Å². The molecular formula is C22H32N4O3. The molecule has 2 amide bonds. The van der Waals surface area contributed by atoms with E-state index < -0.39 is 0 Å². The number of aromatic nitrogens is 2. The van der Waals surface area contributed by atoms with Crippen LogP contribution in [0.4, 0.5) is 4.79 Å². The van der Waals surface area contributed by atoms with Gasteiger partial charge in [0.25, 0.3) is 0 Å². The maximum Gasteiger partial charge on any atom is 0.318 e. The van der Waals surface area contributed by atoms with E-state index in [0.29, 0.717) is 19.6 Å². The van der Waals surface area contributed by atoms with Gasteiger partial charge >= 0.3 is 6.03 Å². The van der Waals surface area contributed by atoms with Crippen molar-refractivity contribution in [1.29, 1.82) is 0 Å². The highest BCUT2D eigenvalue weighted by Crippen LogP contribution is 2.17. The number of urea groups is 1. The molecule has 1 aliphatic heterocycles. The van der Waals surface area contributed by atoms with E-state index in [4.69, 9.17) is 9.47 Å². The predicted molar refractivity (Wildman–Crippen MR) is 112 cm³/mol. The van der Waals surface area contributed by atoms with Gasteiger partial charge in [-0.15, -0.1) is 0 Å². The second kappa shape index (κ2) is 9.31. The van der Waals surface area contributed by atoms with Crippen molar-refractivity contribution in [1.82, 2.24) is 19.8 Å². The average Bonchev–Trinajstić information content (AvgIpc) is 3.32. The predicted octanol–water partition coefficient (Wildman–Crippen LogP) is 3.43. The van der Waals surface area contributed by atoms with Crippen LogP contribution in [0.2, 0.25) is 0 Å². The van der Waals surface area contributed by atoms with Crippen LogP contribution in [-0.4, -0.2) is 52.4 Å². The molecule has 29 heavy (non-hydrogen) atoms. The first-order chi connectivity index (χ1) is 13.8. The van der Waals surface area contributed by atoms with Crippen molar-refractivity contribution >= 4 is 6.03 Å². The molecule has 1 unspecified atom stereocenters. The average molecular weight is 401 g/mol. The number of carbonyl (C=O) groups excluding carboxylic acids is 1. The van der Waals surface area contributed by atoms with E-state index in [-0.39, 0.29) is 17.7 Å². The van der Waals surface area contributed by atoms with Crippen molar-refractivity contribution in [3.63, 3.8) is 0 Å². The van der Waals surface area contributed by atoms with Gasteiger partial charge in [0.15, 0.2) is 0 Å². The highest BCUT2D eigenvalue weighted by molar-refractivity contribution is 5.74.